The minimum Gasteiger partial charge on any atom is -0.491 e. The molecule has 0 saturated carbocycles. The number of ether oxygens (including phenoxy) is 5. The molecule has 22 heteroatoms. The van der Waals surface area contributed by atoms with Gasteiger partial charge in [0.2, 0.25) is 0 Å². The number of azide groups is 2. The van der Waals surface area contributed by atoms with Crippen LogP contribution in [0.3, 0.4) is 0 Å². The summed E-state index contributed by atoms with van der Waals surface area (Å²) in [5, 5.41) is 36.9. The van der Waals surface area contributed by atoms with Gasteiger partial charge in [0.15, 0.2) is 12.5 Å². The monoisotopic (exact) mass is 658 g/mol. The van der Waals surface area contributed by atoms with Crippen LogP contribution >= 0.6 is 0 Å². The maximum Gasteiger partial charge on any atom is 1.00 e. The number of carbonyl (C=O) groups excluding carboxylic acids is 1. The Bertz CT molecular complexity index is 1270. The van der Waals surface area contributed by atoms with Crippen LogP contribution in [0.25, 0.3) is 26.4 Å². The minimum absolute atomic E-state index is 0. The Morgan fingerprint density at radius 3 is 1.74 bits per heavy atom. The first-order valence-corrected chi connectivity index (χ1v) is 12.6. The standard InChI is InChI=1S/C13H17N3O5.C11H13N3O5.HN4O.Na/c1-2-19-13(18)10-4-3-5-11(8-10)21-9-12(15-16-14)20-7-6-17;12-14-13-10(18-5-4-15)7-19-9-3-1-2-8(6-9)11(16)17;1-2-3-4-5;/h3-5,8,12,17H,2,6-7,9H2,1H3;1-3,6,10,15H,4-5,7H2,(H,16,17);(H-,1,3,5);/q;;-1;+1. The van der Waals surface area contributed by atoms with Crippen LogP contribution < -0.4 is 44.6 Å². The quantitative estimate of drug-likeness (QED) is 0.0305. The van der Waals surface area contributed by atoms with E-state index in [9.17, 15) is 9.59 Å². The van der Waals surface area contributed by atoms with Gasteiger partial charge in [-0.3, -0.25) is 10.8 Å². The summed E-state index contributed by atoms with van der Waals surface area (Å²) in [6.45, 7) is 1.57. The molecule has 0 amide bonds. The van der Waals surface area contributed by atoms with Crippen molar-refractivity contribution in [2.75, 3.05) is 46.2 Å². The predicted octanol–water partition coefficient (Wildman–Crippen LogP) is 0.494. The summed E-state index contributed by atoms with van der Waals surface area (Å²) in [5.74, 6) is -0.753. The van der Waals surface area contributed by atoms with Gasteiger partial charge in [-0.2, -0.15) is 0 Å². The number of aliphatic hydroxyl groups excluding tert-OH is 2. The van der Waals surface area contributed by atoms with Crippen LogP contribution in [0, 0.1) is 4.91 Å². The maximum absolute atomic E-state index is 11.6. The summed E-state index contributed by atoms with van der Waals surface area (Å²) in [5.41, 5.74) is 25.8. The molecule has 4 N–H and O–H groups in total. The third-order valence-electron chi connectivity index (χ3n) is 4.46. The largest absolute Gasteiger partial charge is 1.00 e. The van der Waals surface area contributed by atoms with Crippen molar-refractivity contribution in [1.29, 1.82) is 0 Å². The van der Waals surface area contributed by atoms with Crippen LogP contribution in [0.5, 0.6) is 11.5 Å². The van der Waals surface area contributed by atoms with Gasteiger partial charge in [-0.15, -0.1) is 4.91 Å². The molecule has 0 fully saturated rings. The van der Waals surface area contributed by atoms with Crippen LogP contribution in [-0.4, -0.2) is 86.0 Å². The van der Waals surface area contributed by atoms with Gasteiger partial charge in [0.1, 0.15) is 24.7 Å². The predicted molar refractivity (Wildman–Crippen MR) is 153 cm³/mol. The first kappa shape index (κ1) is 43.6. The smallest absolute Gasteiger partial charge is 0.491 e. The van der Waals surface area contributed by atoms with E-state index in [0.29, 0.717) is 17.1 Å². The Morgan fingerprint density at radius 1 is 0.891 bits per heavy atom. The Balaban J connectivity index is 0. The molecule has 0 spiro atoms. The minimum atomic E-state index is -1.06. The van der Waals surface area contributed by atoms with E-state index in [1.54, 1.807) is 31.2 Å². The molecule has 0 saturated heterocycles. The number of nitroso groups, excluding NO2 is 1. The molecule has 0 heterocycles. The van der Waals surface area contributed by atoms with Gasteiger partial charge in [0, 0.05) is 9.82 Å². The fraction of sp³-hybridized carbons (Fsp3) is 0.417. The number of hydrogen-bond acceptors (Lipinski definition) is 14. The molecule has 46 heavy (non-hydrogen) atoms. The summed E-state index contributed by atoms with van der Waals surface area (Å²) in [6, 6.07) is 12.3. The molecule has 21 nitrogen and oxygen atoms in total. The molecule has 2 atom stereocenters. The van der Waals surface area contributed by atoms with Gasteiger partial charge < -0.3 is 44.5 Å². The molecule has 2 aromatic carbocycles. The first-order valence-electron chi connectivity index (χ1n) is 12.6. The summed E-state index contributed by atoms with van der Waals surface area (Å²) in [6.07, 6.45) is -1.74. The number of nitrogens with zero attached hydrogens (tertiary/aromatic N) is 9. The van der Waals surface area contributed by atoms with E-state index in [1.165, 1.54) is 29.8 Å². The number of benzene rings is 2. The zero-order chi connectivity index (χ0) is 33.7. The number of aliphatic hydroxyl groups is 2. The number of carbonyl (C=O) groups is 2. The molecular formula is C24H31N10NaO11. The topological polar surface area (TPSA) is 315 Å². The molecule has 2 unspecified atom stereocenters. The second kappa shape index (κ2) is 29.2. The maximum atomic E-state index is 11.6. The molecule has 0 aliphatic rings. The number of aromatic carboxylic acids is 1. The van der Waals surface area contributed by atoms with E-state index in [4.69, 9.17) is 60.5 Å². The van der Waals surface area contributed by atoms with E-state index in [0.717, 1.165) is 0 Å². The van der Waals surface area contributed by atoms with E-state index in [1.807, 2.05) is 5.29 Å². The van der Waals surface area contributed by atoms with E-state index in [2.05, 4.69) is 25.3 Å². The van der Waals surface area contributed by atoms with Gasteiger partial charge in [-0.1, -0.05) is 22.4 Å². The van der Waals surface area contributed by atoms with Crippen molar-refractivity contribution < 1.29 is 78.2 Å². The van der Waals surface area contributed by atoms with E-state index < -0.39 is 24.4 Å². The van der Waals surface area contributed by atoms with Gasteiger partial charge >= 0.3 is 41.5 Å². The molecule has 0 bridgehead atoms. The normalized spacial score (nSPS) is 10.5. The van der Waals surface area contributed by atoms with Crippen LogP contribution in [0.4, 0.5) is 0 Å². The van der Waals surface area contributed by atoms with Crippen LogP contribution in [0.2, 0.25) is 0 Å². The van der Waals surface area contributed by atoms with Crippen LogP contribution in [0.1, 0.15) is 27.6 Å². The van der Waals surface area contributed by atoms with Gasteiger partial charge in [-0.05, 0) is 59.7 Å². The zero-order valence-electron chi connectivity index (χ0n) is 24.9. The van der Waals surface area contributed by atoms with Crippen molar-refractivity contribution >= 4 is 11.9 Å². The SMILES string of the molecule is CCOC(=O)c1cccc(OCC(N=[N+]=[N-])OCCO)c1.[N-]=NNN=O.[N-]=[N+]=NC(COc1cccc(C(=O)O)c1)OCCO.[Na+]. The van der Waals surface area contributed by atoms with Gasteiger partial charge in [-0.25, -0.2) is 9.59 Å². The Hall–Kier alpha value is -4.56. The van der Waals surface area contributed by atoms with Crippen molar-refractivity contribution in [3.63, 3.8) is 0 Å². The average molecular weight is 659 g/mol. The Kier molecular flexibility index (Phi) is 27.6. The molecule has 0 radical (unpaired) electrons. The molecular weight excluding hydrogens is 627 g/mol. The second-order valence-corrected chi connectivity index (χ2v) is 7.50. The van der Waals surface area contributed by atoms with Gasteiger partial charge in [0.25, 0.3) is 0 Å². The zero-order valence-corrected chi connectivity index (χ0v) is 26.9. The summed E-state index contributed by atoms with van der Waals surface area (Å²) < 4.78 is 25.7. The van der Waals surface area contributed by atoms with Gasteiger partial charge in [0.05, 0.1) is 44.2 Å². The molecule has 244 valence electrons. The van der Waals surface area contributed by atoms with E-state index >= 15 is 0 Å². The molecule has 0 aliphatic carbocycles. The number of esters is 1. The summed E-state index contributed by atoms with van der Waals surface area (Å²) in [7, 11) is 0. The Labute approximate surface area is 283 Å². The molecule has 2 rings (SSSR count). The van der Waals surface area contributed by atoms with Crippen molar-refractivity contribution in [2.45, 2.75) is 19.4 Å². The summed E-state index contributed by atoms with van der Waals surface area (Å²) in [4.78, 5) is 36.4. The number of hydrogen-bond donors (Lipinski definition) is 4. The van der Waals surface area contributed by atoms with Crippen molar-refractivity contribution in [2.24, 2.45) is 20.7 Å². The van der Waals surface area contributed by atoms with Crippen molar-refractivity contribution in [3.05, 3.63) is 91.0 Å². The fourth-order valence-electron chi connectivity index (χ4n) is 2.72. The molecule has 0 aromatic heterocycles. The fourth-order valence-corrected chi connectivity index (χ4v) is 2.72. The van der Waals surface area contributed by atoms with E-state index in [-0.39, 0.29) is 81.4 Å². The third-order valence-corrected chi connectivity index (χ3v) is 4.46. The average Bonchev–Trinajstić information content (AvgIpc) is 3.05. The Morgan fingerprint density at radius 2 is 1.37 bits per heavy atom. The number of carboxylic acids is 1. The number of rotatable bonds is 19. The number of nitrogens with one attached hydrogen (secondary N) is 1. The molecule has 2 aromatic rings. The second-order valence-electron chi connectivity index (χ2n) is 7.50. The van der Waals surface area contributed by atoms with Crippen molar-refractivity contribution in [3.8, 4) is 11.5 Å². The number of carboxylic acid groups (broad SMARTS) is 1. The third kappa shape index (κ3) is 21.2. The molecule has 0 aliphatic heterocycles. The van der Waals surface area contributed by atoms with Crippen molar-refractivity contribution in [1.82, 2.24) is 5.53 Å². The van der Waals surface area contributed by atoms with Crippen LogP contribution in [0.15, 0.2) is 69.3 Å². The first-order chi connectivity index (χ1) is 21.8. The van der Waals surface area contributed by atoms with Crippen LogP contribution in [-0.2, 0) is 14.2 Å². The summed E-state index contributed by atoms with van der Waals surface area (Å²) >= 11 is 0.